The monoisotopic (exact) mass is 142 g/mol. The highest BCUT2D eigenvalue weighted by Crippen LogP contribution is 1.98. The van der Waals surface area contributed by atoms with Crippen LogP contribution in [0.25, 0.3) is 0 Å². The molecule has 56 valence electrons. The van der Waals surface area contributed by atoms with Crippen molar-refractivity contribution in [3.63, 3.8) is 0 Å². The van der Waals surface area contributed by atoms with Crippen LogP contribution in [0.15, 0.2) is 6.20 Å². The predicted octanol–water partition coefficient (Wildman–Crippen LogP) is -0.468. The molecule has 0 aliphatic heterocycles. The van der Waals surface area contributed by atoms with Gasteiger partial charge in [-0.15, -0.1) is 5.10 Å². The van der Waals surface area contributed by atoms with E-state index in [1.165, 1.54) is 6.20 Å². The van der Waals surface area contributed by atoms with Crippen molar-refractivity contribution >= 4 is 0 Å². The molecule has 0 unspecified atom stereocenters. The normalized spacial score (nSPS) is 9.70. The SMILES string of the molecule is NCCCOc1cn[nH]n1. The van der Waals surface area contributed by atoms with Crippen molar-refractivity contribution in [1.29, 1.82) is 0 Å². The van der Waals surface area contributed by atoms with Crippen molar-refractivity contribution in [3.8, 4) is 5.88 Å². The molecule has 0 aromatic carbocycles. The van der Waals surface area contributed by atoms with E-state index in [1.807, 2.05) is 0 Å². The van der Waals surface area contributed by atoms with Crippen molar-refractivity contribution < 1.29 is 4.74 Å². The van der Waals surface area contributed by atoms with E-state index in [4.69, 9.17) is 10.5 Å². The zero-order valence-electron chi connectivity index (χ0n) is 5.58. The van der Waals surface area contributed by atoms with Crippen molar-refractivity contribution in [2.75, 3.05) is 13.2 Å². The van der Waals surface area contributed by atoms with E-state index < -0.39 is 0 Å². The van der Waals surface area contributed by atoms with Crippen LogP contribution in [0.2, 0.25) is 0 Å². The summed E-state index contributed by atoms with van der Waals surface area (Å²) in [6.45, 7) is 1.24. The lowest BCUT2D eigenvalue weighted by molar-refractivity contribution is 0.301. The average molecular weight is 142 g/mol. The fourth-order valence-electron chi connectivity index (χ4n) is 0.521. The third kappa shape index (κ3) is 2.02. The van der Waals surface area contributed by atoms with E-state index in [1.54, 1.807) is 0 Å². The first kappa shape index (κ1) is 7.01. The number of aromatic amines is 1. The molecule has 0 aliphatic rings. The molecule has 0 spiro atoms. The maximum Gasteiger partial charge on any atom is 0.253 e. The lowest BCUT2D eigenvalue weighted by Crippen LogP contribution is -2.06. The molecular weight excluding hydrogens is 132 g/mol. The Bertz CT molecular complexity index is 162. The molecule has 0 saturated carbocycles. The summed E-state index contributed by atoms with van der Waals surface area (Å²) in [7, 11) is 0. The van der Waals surface area contributed by atoms with Gasteiger partial charge in [0.25, 0.3) is 5.88 Å². The molecule has 1 aromatic rings. The lowest BCUT2D eigenvalue weighted by atomic mass is 10.5. The van der Waals surface area contributed by atoms with E-state index in [0.717, 1.165) is 6.42 Å². The number of nitrogens with zero attached hydrogens (tertiary/aromatic N) is 2. The second kappa shape index (κ2) is 3.84. The maximum atomic E-state index is 5.24. The Morgan fingerprint density at radius 2 is 2.60 bits per heavy atom. The van der Waals surface area contributed by atoms with E-state index in [9.17, 15) is 0 Å². The topological polar surface area (TPSA) is 76.8 Å². The molecule has 0 atom stereocenters. The Balaban J connectivity index is 2.15. The predicted molar refractivity (Wildman–Crippen MR) is 35.5 cm³/mol. The minimum Gasteiger partial charge on any atom is -0.475 e. The Morgan fingerprint density at radius 1 is 1.70 bits per heavy atom. The molecule has 0 amide bonds. The largest absolute Gasteiger partial charge is 0.475 e. The third-order valence-corrected chi connectivity index (χ3v) is 0.991. The van der Waals surface area contributed by atoms with Gasteiger partial charge in [-0.1, -0.05) is 0 Å². The highest BCUT2D eigenvalue weighted by Gasteiger charge is 1.92. The summed E-state index contributed by atoms with van der Waals surface area (Å²) in [6.07, 6.45) is 2.36. The molecule has 5 heteroatoms. The van der Waals surface area contributed by atoms with Gasteiger partial charge in [-0.3, -0.25) is 0 Å². The van der Waals surface area contributed by atoms with Crippen molar-refractivity contribution in [2.45, 2.75) is 6.42 Å². The highest BCUT2D eigenvalue weighted by molar-refractivity contribution is 4.96. The molecule has 0 fully saturated rings. The molecule has 1 aromatic heterocycles. The van der Waals surface area contributed by atoms with Gasteiger partial charge in [-0.2, -0.15) is 10.3 Å². The molecule has 0 aliphatic carbocycles. The number of nitrogens with two attached hydrogens (primary N) is 1. The first-order chi connectivity index (χ1) is 4.93. The Hall–Kier alpha value is -1.10. The molecule has 3 N–H and O–H groups in total. The average Bonchev–Trinajstić information content (AvgIpc) is 2.41. The Kier molecular flexibility index (Phi) is 2.69. The van der Waals surface area contributed by atoms with Gasteiger partial charge in [-0.05, 0) is 13.0 Å². The van der Waals surface area contributed by atoms with E-state index >= 15 is 0 Å². The molecule has 1 heterocycles. The smallest absolute Gasteiger partial charge is 0.253 e. The third-order valence-electron chi connectivity index (χ3n) is 0.991. The summed E-state index contributed by atoms with van der Waals surface area (Å²) in [6, 6.07) is 0. The second-order valence-electron chi connectivity index (χ2n) is 1.80. The molecule has 5 nitrogen and oxygen atoms in total. The summed E-state index contributed by atoms with van der Waals surface area (Å²) in [4.78, 5) is 0. The van der Waals surface area contributed by atoms with E-state index in [0.29, 0.717) is 19.0 Å². The summed E-state index contributed by atoms with van der Waals surface area (Å²) < 4.78 is 5.10. The van der Waals surface area contributed by atoms with Crippen LogP contribution in [0.4, 0.5) is 0 Å². The summed E-state index contributed by atoms with van der Waals surface area (Å²) in [5.41, 5.74) is 5.24. The number of hydrogen-bond acceptors (Lipinski definition) is 4. The number of aromatic nitrogens is 3. The van der Waals surface area contributed by atoms with Crippen LogP contribution >= 0.6 is 0 Å². The van der Waals surface area contributed by atoms with Crippen LogP contribution in [-0.4, -0.2) is 28.6 Å². The fourth-order valence-corrected chi connectivity index (χ4v) is 0.521. The fraction of sp³-hybridized carbons (Fsp3) is 0.600. The van der Waals surface area contributed by atoms with Gasteiger partial charge in [0.05, 0.1) is 6.61 Å². The van der Waals surface area contributed by atoms with Crippen LogP contribution in [0, 0.1) is 0 Å². The van der Waals surface area contributed by atoms with Gasteiger partial charge >= 0.3 is 0 Å². The summed E-state index contributed by atoms with van der Waals surface area (Å²) >= 11 is 0. The number of rotatable bonds is 4. The van der Waals surface area contributed by atoms with Crippen LogP contribution in [0.5, 0.6) is 5.88 Å². The standard InChI is InChI=1S/C5H10N4O/c6-2-1-3-10-5-4-7-9-8-5/h4H,1-3,6H2,(H,7,8,9). The van der Waals surface area contributed by atoms with Gasteiger partial charge in [0.1, 0.15) is 6.20 Å². The lowest BCUT2D eigenvalue weighted by Gasteiger charge is -1.97. The van der Waals surface area contributed by atoms with Crippen molar-refractivity contribution in [3.05, 3.63) is 6.20 Å². The summed E-state index contributed by atoms with van der Waals surface area (Å²) in [5, 5.41) is 9.70. The van der Waals surface area contributed by atoms with Crippen LogP contribution in [0.1, 0.15) is 6.42 Å². The number of ether oxygens (including phenoxy) is 1. The molecule has 1 rings (SSSR count). The molecule has 0 radical (unpaired) electrons. The first-order valence-corrected chi connectivity index (χ1v) is 3.12. The number of H-pyrrole nitrogens is 1. The molecular formula is C5H10N4O. The Labute approximate surface area is 58.6 Å². The number of hydrogen-bond donors (Lipinski definition) is 2. The first-order valence-electron chi connectivity index (χ1n) is 3.12. The van der Waals surface area contributed by atoms with E-state index in [-0.39, 0.29) is 0 Å². The second-order valence-corrected chi connectivity index (χ2v) is 1.80. The van der Waals surface area contributed by atoms with Gasteiger partial charge in [0.2, 0.25) is 0 Å². The van der Waals surface area contributed by atoms with Crippen LogP contribution in [-0.2, 0) is 0 Å². The number of nitrogens with one attached hydrogen (secondary N) is 1. The molecule has 0 saturated heterocycles. The minimum absolute atomic E-state index is 0.522. The molecule has 0 bridgehead atoms. The van der Waals surface area contributed by atoms with Crippen LogP contribution in [0.3, 0.4) is 0 Å². The summed E-state index contributed by atoms with van der Waals surface area (Å²) in [5.74, 6) is 0.522. The maximum absolute atomic E-state index is 5.24. The van der Waals surface area contributed by atoms with Crippen molar-refractivity contribution in [2.24, 2.45) is 5.73 Å². The van der Waals surface area contributed by atoms with E-state index in [2.05, 4.69) is 15.4 Å². The van der Waals surface area contributed by atoms with Crippen molar-refractivity contribution in [1.82, 2.24) is 15.4 Å². The zero-order valence-corrected chi connectivity index (χ0v) is 5.58. The van der Waals surface area contributed by atoms with Gasteiger partial charge in [0, 0.05) is 0 Å². The minimum atomic E-state index is 0.522. The highest BCUT2D eigenvalue weighted by atomic mass is 16.5. The van der Waals surface area contributed by atoms with Gasteiger partial charge < -0.3 is 10.5 Å². The quantitative estimate of drug-likeness (QED) is 0.557. The Morgan fingerprint density at radius 3 is 3.20 bits per heavy atom. The van der Waals surface area contributed by atoms with Crippen LogP contribution < -0.4 is 10.5 Å². The zero-order chi connectivity index (χ0) is 7.23. The molecule has 10 heavy (non-hydrogen) atoms. The van der Waals surface area contributed by atoms with Gasteiger partial charge in [0.15, 0.2) is 0 Å². The van der Waals surface area contributed by atoms with Gasteiger partial charge in [-0.25, -0.2) is 0 Å².